The van der Waals surface area contributed by atoms with Gasteiger partial charge < -0.3 is 9.47 Å². The van der Waals surface area contributed by atoms with Crippen LogP contribution in [-0.4, -0.2) is 28.5 Å². The second-order valence-corrected chi connectivity index (χ2v) is 9.77. The third kappa shape index (κ3) is 5.75. The topological polar surface area (TPSA) is 82.8 Å². The lowest BCUT2D eigenvalue weighted by Crippen LogP contribution is -2.25. The molecule has 3 aromatic rings. The molecule has 0 spiro atoms. The van der Waals surface area contributed by atoms with Gasteiger partial charge in [0.25, 0.3) is 5.56 Å². The van der Waals surface area contributed by atoms with Crippen LogP contribution in [0.4, 0.5) is 0 Å². The van der Waals surface area contributed by atoms with Gasteiger partial charge in [0.2, 0.25) is 0 Å². The molecule has 36 heavy (non-hydrogen) atoms. The number of nitrogens with zero attached hydrogens (tertiary/aromatic N) is 3. The zero-order valence-electron chi connectivity index (χ0n) is 20.6. The molecule has 0 atom stereocenters. The van der Waals surface area contributed by atoms with Crippen molar-refractivity contribution in [1.82, 2.24) is 9.66 Å². The summed E-state index contributed by atoms with van der Waals surface area (Å²) < 4.78 is 13.5. The highest BCUT2D eigenvalue weighted by Gasteiger charge is 2.23. The zero-order chi connectivity index (χ0) is 25.7. The first-order valence-electron chi connectivity index (χ1n) is 12.3. The molecule has 1 aromatic heterocycles. The molecule has 1 aliphatic carbocycles. The van der Waals surface area contributed by atoms with E-state index in [0.29, 0.717) is 46.8 Å². The number of hydrogen-bond acceptors (Lipinski definition) is 6. The van der Waals surface area contributed by atoms with Crippen molar-refractivity contribution >= 4 is 39.0 Å². The summed E-state index contributed by atoms with van der Waals surface area (Å²) in [5.41, 5.74) is 1.92. The number of fused-ring (bicyclic) bond motifs is 1. The molecule has 1 heterocycles. The van der Waals surface area contributed by atoms with Crippen molar-refractivity contribution in [1.29, 1.82) is 0 Å². The second kappa shape index (κ2) is 11.6. The van der Waals surface area contributed by atoms with Crippen LogP contribution in [0.15, 0.2) is 57.4 Å². The molecule has 4 rings (SSSR count). The number of hydrogen-bond donors (Lipinski definition) is 0. The fraction of sp³-hybridized carbons (Fsp3) is 0.357. The van der Waals surface area contributed by atoms with E-state index < -0.39 is 5.97 Å². The molecule has 1 fully saturated rings. The van der Waals surface area contributed by atoms with Crippen molar-refractivity contribution in [3.63, 3.8) is 0 Å². The van der Waals surface area contributed by atoms with Gasteiger partial charge in [-0.3, -0.25) is 9.59 Å². The molecule has 0 aliphatic heterocycles. The number of ether oxygens (including phenoxy) is 2. The number of halogens is 1. The van der Waals surface area contributed by atoms with Crippen LogP contribution in [0.25, 0.3) is 10.9 Å². The highest BCUT2D eigenvalue weighted by Crippen LogP contribution is 2.34. The van der Waals surface area contributed by atoms with Crippen molar-refractivity contribution in [2.24, 2.45) is 5.10 Å². The van der Waals surface area contributed by atoms with Gasteiger partial charge in [-0.2, -0.15) is 9.78 Å². The highest BCUT2D eigenvalue weighted by molar-refractivity contribution is 9.10. The van der Waals surface area contributed by atoms with Crippen LogP contribution in [0.1, 0.15) is 68.8 Å². The van der Waals surface area contributed by atoms with Gasteiger partial charge >= 0.3 is 5.97 Å². The van der Waals surface area contributed by atoms with Crippen LogP contribution >= 0.6 is 15.9 Å². The molecule has 188 valence electrons. The van der Waals surface area contributed by atoms with E-state index >= 15 is 0 Å². The number of allylic oxidation sites excluding steroid dienone is 1. The van der Waals surface area contributed by atoms with Crippen molar-refractivity contribution in [2.75, 3.05) is 6.61 Å². The van der Waals surface area contributed by atoms with Crippen molar-refractivity contribution in [2.45, 2.75) is 58.3 Å². The predicted molar refractivity (Wildman–Crippen MR) is 145 cm³/mol. The first kappa shape index (κ1) is 25.8. The van der Waals surface area contributed by atoms with Crippen LogP contribution in [-0.2, 0) is 11.2 Å². The van der Waals surface area contributed by atoms with E-state index in [1.165, 1.54) is 18.0 Å². The van der Waals surface area contributed by atoms with Crippen molar-refractivity contribution in [3.8, 4) is 11.5 Å². The van der Waals surface area contributed by atoms with Gasteiger partial charge in [0, 0.05) is 22.9 Å². The normalized spacial score (nSPS) is 14.3. The molecule has 7 nitrogen and oxygen atoms in total. The van der Waals surface area contributed by atoms with Crippen LogP contribution < -0.4 is 15.0 Å². The van der Waals surface area contributed by atoms with Gasteiger partial charge in [-0.05, 0) is 62.1 Å². The van der Waals surface area contributed by atoms with Crippen LogP contribution in [0.3, 0.4) is 0 Å². The molecule has 1 aliphatic rings. The fourth-order valence-electron chi connectivity index (χ4n) is 4.61. The van der Waals surface area contributed by atoms with Gasteiger partial charge in [0.05, 0.1) is 23.7 Å². The monoisotopic (exact) mass is 551 g/mol. The minimum Gasteiger partial charge on any atom is -0.490 e. The van der Waals surface area contributed by atoms with Gasteiger partial charge in [-0.25, -0.2) is 4.98 Å². The van der Waals surface area contributed by atoms with Crippen molar-refractivity contribution in [3.05, 3.63) is 74.8 Å². The number of aromatic nitrogens is 2. The van der Waals surface area contributed by atoms with E-state index in [1.807, 2.05) is 25.1 Å². The summed E-state index contributed by atoms with van der Waals surface area (Å²) in [6.45, 7) is 7.43. The van der Waals surface area contributed by atoms with Gasteiger partial charge in [0.15, 0.2) is 11.5 Å². The summed E-state index contributed by atoms with van der Waals surface area (Å²) in [5, 5.41) is 5.14. The quantitative estimate of drug-likeness (QED) is 0.145. The van der Waals surface area contributed by atoms with Crippen molar-refractivity contribution < 1.29 is 14.3 Å². The van der Waals surface area contributed by atoms with Gasteiger partial charge in [0.1, 0.15) is 5.82 Å². The largest absolute Gasteiger partial charge is 0.490 e. The van der Waals surface area contributed by atoms with E-state index in [-0.39, 0.29) is 11.5 Å². The summed E-state index contributed by atoms with van der Waals surface area (Å²) in [4.78, 5) is 30.2. The molecule has 0 bridgehead atoms. The summed E-state index contributed by atoms with van der Waals surface area (Å²) >= 11 is 3.46. The predicted octanol–water partition coefficient (Wildman–Crippen LogP) is 6.14. The summed E-state index contributed by atoms with van der Waals surface area (Å²) in [5.74, 6) is 1.25. The van der Waals surface area contributed by atoms with Crippen LogP contribution in [0.2, 0.25) is 0 Å². The Kier molecular flexibility index (Phi) is 8.36. The van der Waals surface area contributed by atoms with Crippen LogP contribution in [0.5, 0.6) is 11.5 Å². The maximum absolute atomic E-state index is 13.6. The number of carbonyl (C=O) groups excluding carboxylic acids is 1. The number of carbonyl (C=O) groups is 1. The number of esters is 1. The maximum atomic E-state index is 13.6. The van der Waals surface area contributed by atoms with E-state index in [0.717, 1.165) is 35.7 Å². The van der Waals surface area contributed by atoms with E-state index in [2.05, 4.69) is 27.6 Å². The lowest BCUT2D eigenvalue weighted by molar-refractivity contribution is -0.132. The standard InChI is InChI=1S/C28H30BrN3O4/c1-4-9-21-14-19(15-25(35-5-2)26(21)36-18(3)33)17-30-32-27(20-10-7-6-8-11-20)31-24-13-12-22(29)16-23(24)28(32)34/h4,12-17,20H,1,5-11H2,2-3H3. The van der Waals surface area contributed by atoms with Gasteiger partial charge in [-0.1, -0.05) is 41.3 Å². The van der Waals surface area contributed by atoms with E-state index in [9.17, 15) is 9.59 Å². The first-order valence-corrected chi connectivity index (χ1v) is 13.1. The molecular weight excluding hydrogens is 522 g/mol. The molecular formula is C28H30BrN3O4. The molecule has 8 heteroatoms. The zero-order valence-corrected chi connectivity index (χ0v) is 22.2. The average molecular weight is 552 g/mol. The summed E-state index contributed by atoms with van der Waals surface area (Å²) in [6.07, 6.45) is 9.24. The number of benzene rings is 2. The lowest BCUT2D eigenvalue weighted by atomic mass is 9.88. The minimum atomic E-state index is -0.431. The van der Waals surface area contributed by atoms with E-state index in [4.69, 9.17) is 14.5 Å². The smallest absolute Gasteiger partial charge is 0.308 e. The maximum Gasteiger partial charge on any atom is 0.308 e. The van der Waals surface area contributed by atoms with Crippen LogP contribution in [0, 0.1) is 0 Å². The summed E-state index contributed by atoms with van der Waals surface area (Å²) in [7, 11) is 0. The molecule has 0 radical (unpaired) electrons. The Morgan fingerprint density at radius 1 is 1.25 bits per heavy atom. The lowest BCUT2D eigenvalue weighted by Gasteiger charge is -2.22. The molecule has 0 saturated heterocycles. The Labute approximate surface area is 219 Å². The molecule has 0 unspecified atom stereocenters. The Bertz CT molecular complexity index is 1370. The highest BCUT2D eigenvalue weighted by atomic mass is 79.9. The first-order chi connectivity index (χ1) is 17.4. The molecule has 1 saturated carbocycles. The third-order valence-corrected chi connectivity index (χ3v) is 6.68. The SMILES string of the molecule is C=CCc1cc(C=Nn2c(C3CCCCC3)nc3ccc(Br)cc3c2=O)cc(OCC)c1OC(C)=O. The Balaban J connectivity index is 1.84. The molecule has 2 aromatic carbocycles. The number of rotatable bonds is 8. The molecule has 0 amide bonds. The Hall–Kier alpha value is -3.26. The Morgan fingerprint density at radius 3 is 2.72 bits per heavy atom. The Morgan fingerprint density at radius 2 is 2.03 bits per heavy atom. The second-order valence-electron chi connectivity index (χ2n) is 8.85. The summed E-state index contributed by atoms with van der Waals surface area (Å²) in [6, 6.07) is 9.17. The average Bonchev–Trinajstić information content (AvgIpc) is 2.86. The third-order valence-electron chi connectivity index (χ3n) is 6.19. The fourth-order valence-corrected chi connectivity index (χ4v) is 4.98. The molecule has 0 N–H and O–H groups in total. The van der Waals surface area contributed by atoms with E-state index in [1.54, 1.807) is 24.4 Å². The van der Waals surface area contributed by atoms with Gasteiger partial charge in [-0.15, -0.1) is 6.58 Å². The minimum absolute atomic E-state index is 0.179.